The molecule has 0 atom stereocenters. The molecule has 96 valence electrons. The molecule has 0 spiro atoms. The highest BCUT2D eigenvalue weighted by Gasteiger charge is 2.22. The predicted molar refractivity (Wildman–Crippen MR) is 59.4 cm³/mol. The molecule has 1 aliphatic rings. The van der Waals surface area contributed by atoms with E-state index in [0.717, 1.165) is 12.1 Å². The minimum Gasteiger partial charge on any atom is -0.347 e. The van der Waals surface area contributed by atoms with Crippen molar-refractivity contribution in [2.75, 3.05) is 13.1 Å². The highest BCUT2D eigenvalue weighted by molar-refractivity contribution is 5.87. The molecule has 6 heteroatoms. The Morgan fingerprint density at radius 2 is 1.89 bits per heavy atom. The minimum absolute atomic E-state index is 0.130. The molecule has 0 aromatic heterocycles. The van der Waals surface area contributed by atoms with Crippen molar-refractivity contribution < 1.29 is 18.4 Å². The smallest absolute Gasteiger partial charge is 0.242 e. The van der Waals surface area contributed by atoms with Crippen LogP contribution in [0.1, 0.15) is 12.0 Å². The third-order valence-corrected chi connectivity index (χ3v) is 2.81. The molecule has 1 fully saturated rings. The van der Waals surface area contributed by atoms with E-state index in [2.05, 4.69) is 5.32 Å². The summed E-state index contributed by atoms with van der Waals surface area (Å²) in [6, 6.07) is 3.55. The summed E-state index contributed by atoms with van der Waals surface area (Å²) in [5.41, 5.74) is -0.153. The maximum atomic E-state index is 13.5. The maximum absolute atomic E-state index is 13.5. The summed E-state index contributed by atoms with van der Waals surface area (Å²) in [5, 5.41) is 2.42. The molecule has 1 aliphatic heterocycles. The van der Waals surface area contributed by atoms with Gasteiger partial charge in [0.15, 0.2) is 0 Å². The van der Waals surface area contributed by atoms with Gasteiger partial charge in [-0.1, -0.05) is 6.07 Å². The minimum atomic E-state index is -0.689. The van der Waals surface area contributed by atoms with Crippen molar-refractivity contribution in [1.29, 1.82) is 0 Å². The van der Waals surface area contributed by atoms with E-state index in [1.165, 1.54) is 11.0 Å². The third kappa shape index (κ3) is 2.64. The number of hydrogen-bond donors (Lipinski definition) is 1. The molecule has 4 nitrogen and oxygen atoms in total. The summed E-state index contributed by atoms with van der Waals surface area (Å²) >= 11 is 0. The Morgan fingerprint density at radius 3 is 2.56 bits per heavy atom. The van der Waals surface area contributed by atoms with Crippen LogP contribution < -0.4 is 5.32 Å². The highest BCUT2D eigenvalue weighted by atomic mass is 19.1. The Hall–Kier alpha value is -1.98. The molecule has 0 unspecified atom stereocenters. The van der Waals surface area contributed by atoms with Crippen LogP contribution in [0.3, 0.4) is 0 Å². The molecule has 0 bridgehead atoms. The summed E-state index contributed by atoms with van der Waals surface area (Å²) in [4.78, 5) is 24.1. The van der Waals surface area contributed by atoms with Crippen LogP contribution in [0.5, 0.6) is 0 Å². The molecule has 2 rings (SSSR count). The molecule has 18 heavy (non-hydrogen) atoms. The fraction of sp³-hybridized carbons (Fsp3) is 0.333. The number of rotatable bonds is 2. The molecular formula is C12H12F2N2O2. The van der Waals surface area contributed by atoms with Gasteiger partial charge in [-0.2, -0.15) is 0 Å². The van der Waals surface area contributed by atoms with Crippen molar-refractivity contribution in [3.05, 3.63) is 35.4 Å². The summed E-state index contributed by atoms with van der Waals surface area (Å²) in [6.07, 6.45) is 0.141. The summed E-state index contributed by atoms with van der Waals surface area (Å²) in [7, 11) is 0. The van der Waals surface area contributed by atoms with Crippen molar-refractivity contribution in [3.8, 4) is 0 Å². The van der Waals surface area contributed by atoms with Gasteiger partial charge in [-0.05, 0) is 12.1 Å². The van der Waals surface area contributed by atoms with E-state index < -0.39 is 11.6 Å². The number of carbonyl (C=O) groups is 2. The van der Waals surface area contributed by atoms with E-state index in [-0.39, 0.29) is 43.4 Å². The number of hydrogen-bond acceptors (Lipinski definition) is 2. The zero-order valence-corrected chi connectivity index (χ0v) is 9.58. The molecular weight excluding hydrogens is 242 g/mol. The van der Waals surface area contributed by atoms with E-state index in [1.807, 2.05) is 0 Å². The molecule has 1 aromatic rings. The lowest BCUT2D eigenvalue weighted by Crippen LogP contribution is -2.35. The van der Waals surface area contributed by atoms with Gasteiger partial charge >= 0.3 is 0 Å². The lowest BCUT2D eigenvalue weighted by Gasteiger charge is -2.20. The molecule has 0 radical (unpaired) electrons. The van der Waals surface area contributed by atoms with Crippen LogP contribution in [0.25, 0.3) is 0 Å². The van der Waals surface area contributed by atoms with Crippen LogP contribution in [0.15, 0.2) is 18.2 Å². The second-order valence-corrected chi connectivity index (χ2v) is 4.04. The summed E-state index contributed by atoms with van der Waals surface area (Å²) in [5.74, 6) is -1.96. The molecule has 1 aromatic carbocycles. The van der Waals surface area contributed by atoms with E-state index in [4.69, 9.17) is 0 Å². The first-order valence-electron chi connectivity index (χ1n) is 5.55. The predicted octanol–water partition coefficient (Wildman–Crippen LogP) is 0.813. The third-order valence-electron chi connectivity index (χ3n) is 2.81. The average Bonchev–Trinajstić information content (AvgIpc) is 2.48. The fourth-order valence-corrected chi connectivity index (χ4v) is 1.78. The SMILES string of the molecule is O=C1CCN(Cc2c(F)cccc2F)C(=O)CN1. The Morgan fingerprint density at radius 1 is 1.22 bits per heavy atom. The molecule has 0 saturated carbocycles. The standard InChI is InChI=1S/C12H12F2N2O2/c13-9-2-1-3-10(14)8(9)7-16-5-4-11(17)15-6-12(16)18/h1-3H,4-7H2,(H,15,17). The van der Waals surface area contributed by atoms with Gasteiger partial charge in [-0.3, -0.25) is 9.59 Å². The van der Waals surface area contributed by atoms with E-state index >= 15 is 0 Å². The van der Waals surface area contributed by atoms with Crippen molar-refractivity contribution in [3.63, 3.8) is 0 Å². The van der Waals surface area contributed by atoms with Gasteiger partial charge in [0.2, 0.25) is 11.8 Å². The number of amides is 2. The first-order chi connectivity index (χ1) is 8.58. The van der Waals surface area contributed by atoms with Gasteiger partial charge < -0.3 is 10.2 Å². The van der Waals surface area contributed by atoms with Crippen molar-refractivity contribution in [2.45, 2.75) is 13.0 Å². The molecule has 2 amide bonds. The highest BCUT2D eigenvalue weighted by Crippen LogP contribution is 2.15. The van der Waals surface area contributed by atoms with Crippen LogP contribution in [0, 0.1) is 11.6 Å². The Kier molecular flexibility index (Phi) is 3.55. The molecule has 0 aliphatic carbocycles. The van der Waals surface area contributed by atoms with Crippen molar-refractivity contribution >= 4 is 11.8 Å². The number of carbonyl (C=O) groups excluding carboxylic acids is 2. The molecule has 1 saturated heterocycles. The van der Waals surface area contributed by atoms with Crippen LogP contribution in [-0.2, 0) is 16.1 Å². The summed E-state index contributed by atoms with van der Waals surface area (Å²) < 4.78 is 26.9. The molecule has 1 heterocycles. The van der Waals surface area contributed by atoms with Gasteiger partial charge in [0.05, 0.1) is 13.1 Å². The number of nitrogens with one attached hydrogen (secondary N) is 1. The summed E-state index contributed by atoms with van der Waals surface area (Å²) in [6.45, 7) is -0.125. The zero-order valence-electron chi connectivity index (χ0n) is 9.58. The largest absolute Gasteiger partial charge is 0.347 e. The first kappa shape index (κ1) is 12.5. The van der Waals surface area contributed by atoms with Gasteiger partial charge in [0.1, 0.15) is 11.6 Å². The number of halogens is 2. The van der Waals surface area contributed by atoms with Gasteiger partial charge in [0.25, 0.3) is 0 Å². The normalized spacial score (nSPS) is 16.4. The topological polar surface area (TPSA) is 49.4 Å². The lowest BCUT2D eigenvalue weighted by atomic mass is 10.2. The number of benzene rings is 1. The fourth-order valence-electron chi connectivity index (χ4n) is 1.78. The quantitative estimate of drug-likeness (QED) is 0.849. The van der Waals surface area contributed by atoms with Crippen molar-refractivity contribution in [2.24, 2.45) is 0 Å². The average molecular weight is 254 g/mol. The number of nitrogens with zero attached hydrogens (tertiary/aromatic N) is 1. The van der Waals surface area contributed by atoms with Gasteiger partial charge in [0, 0.05) is 18.5 Å². The molecule has 1 N–H and O–H groups in total. The Bertz CT molecular complexity index is 471. The first-order valence-corrected chi connectivity index (χ1v) is 5.55. The zero-order chi connectivity index (χ0) is 13.1. The van der Waals surface area contributed by atoms with Crippen LogP contribution in [0.2, 0.25) is 0 Å². The van der Waals surface area contributed by atoms with Crippen LogP contribution >= 0.6 is 0 Å². The second kappa shape index (κ2) is 5.12. The maximum Gasteiger partial charge on any atom is 0.242 e. The van der Waals surface area contributed by atoms with E-state index in [1.54, 1.807) is 0 Å². The van der Waals surface area contributed by atoms with Gasteiger partial charge in [-0.25, -0.2) is 8.78 Å². The second-order valence-electron chi connectivity index (χ2n) is 4.04. The monoisotopic (exact) mass is 254 g/mol. The Labute approximate surface area is 103 Å². The van der Waals surface area contributed by atoms with Crippen LogP contribution in [0.4, 0.5) is 8.78 Å². The van der Waals surface area contributed by atoms with E-state index in [0.29, 0.717) is 0 Å². The van der Waals surface area contributed by atoms with Crippen LogP contribution in [-0.4, -0.2) is 29.8 Å². The lowest BCUT2D eigenvalue weighted by molar-refractivity contribution is -0.130. The van der Waals surface area contributed by atoms with Gasteiger partial charge in [-0.15, -0.1) is 0 Å². The van der Waals surface area contributed by atoms with E-state index in [9.17, 15) is 18.4 Å². The van der Waals surface area contributed by atoms with Crippen molar-refractivity contribution in [1.82, 2.24) is 10.2 Å². The Balaban J connectivity index is 2.17.